The molecule has 7 heteroatoms. The number of aromatic nitrogens is 1. The van der Waals surface area contributed by atoms with Crippen LogP contribution in [0.2, 0.25) is 0 Å². The van der Waals surface area contributed by atoms with Crippen LogP contribution in [0, 0.1) is 5.82 Å². The molecule has 134 valence electrons. The molecule has 0 N–H and O–H groups in total. The fourth-order valence-electron chi connectivity index (χ4n) is 2.75. The van der Waals surface area contributed by atoms with Gasteiger partial charge in [-0.05, 0) is 31.8 Å². The Morgan fingerprint density at radius 1 is 1.36 bits per heavy atom. The number of morpholine rings is 1. The molecule has 1 fully saturated rings. The van der Waals surface area contributed by atoms with E-state index in [9.17, 15) is 9.18 Å². The van der Waals surface area contributed by atoms with Crippen molar-refractivity contribution in [3.8, 4) is 0 Å². The Balaban J connectivity index is 1.63. The molecule has 0 aliphatic carbocycles. The molecule has 1 amide bonds. The minimum Gasteiger partial charge on any atom is -0.442 e. The topological polar surface area (TPSA) is 58.8 Å². The largest absolute Gasteiger partial charge is 0.442 e. The van der Waals surface area contributed by atoms with Crippen molar-refractivity contribution in [1.29, 1.82) is 0 Å². The van der Waals surface area contributed by atoms with Crippen molar-refractivity contribution >= 4 is 5.91 Å². The molecule has 25 heavy (non-hydrogen) atoms. The number of hydrogen-bond donors (Lipinski definition) is 0. The van der Waals surface area contributed by atoms with Crippen LogP contribution < -0.4 is 0 Å². The number of benzene rings is 1. The molecular formula is C18H22FN3O3. The van der Waals surface area contributed by atoms with E-state index < -0.39 is 0 Å². The number of nitrogens with zero attached hydrogens (tertiary/aromatic N) is 3. The zero-order valence-corrected chi connectivity index (χ0v) is 14.4. The second-order valence-corrected chi connectivity index (χ2v) is 6.41. The summed E-state index contributed by atoms with van der Waals surface area (Å²) in [7, 11) is 3.73. The molecule has 1 aliphatic rings. The van der Waals surface area contributed by atoms with Gasteiger partial charge < -0.3 is 19.0 Å². The fourth-order valence-corrected chi connectivity index (χ4v) is 2.75. The van der Waals surface area contributed by atoms with E-state index >= 15 is 0 Å². The normalized spacial score (nSPS) is 17.9. The van der Waals surface area contributed by atoms with Gasteiger partial charge in [-0.3, -0.25) is 4.79 Å². The van der Waals surface area contributed by atoms with Crippen LogP contribution in [0.1, 0.15) is 23.3 Å². The number of carbonyl (C=O) groups excluding carboxylic acids is 1. The quantitative estimate of drug-likeness (QED) is 0.826. The average molecular weight is 347 g/mol. The molecule has 0 saturated carbocycles. The number of carbonyl (C=O) groups is 1. The highest BCUT2D eigenvalue weighted by atomic mass is 19.1. The van der Waals surface area contributed by atoms with Crippen LogP contribution in [0.15, 0.2) is 34.9 Å². The van der Waals surface area contributed by atoms with Crippen molar-refractivity contribution in [2.24, 2.45) is 0 Å². The number of amides is 1. The summed E-state index contributed by atoms with van der Waals surface area (Å²) in [5.74, 6) is 0.956. The molecule has 6 nitrogen and oxygen atoms in total. The predicted octanol–water partition coefficient (Wildman–Crippen LogP) is 1.87. The van der Waals surface area contributed by atoms with Crippen LogP contribution in [0.4, 0.5) is 4.39 Å². The molecule has 0 bridgehead atoms. The average Bonchev–Trinajstić information content (AvgIpc) is 3.05. The van der Waals surface area contributed by atoms with Crippen LogP contribution in [0.3, 0.4) is 0 Å². The van der Waals surface area contributed by atoms with Crippen LogP contribution in [0.25, 0.3) is 0 Å². The van der Waals surface area contributed by atoms with Crippen molar-refractivity contribution in [2.45, 2.75) is 12.5 Å². The van der Waals surface area contributed by atoms with Gasteiger partial charge in [0.1, 0.15) is 11.6 Å². The molecule has 2 heterocycles. The SMILES string of the molecule is CN(C)CC(=O)N1CCO[C@@H](c2ncc(Cc3ccc(F)cc3)o2)C1. The summed E-state index contributed by atoms with van der Waals surface area (Å²) in [6.45, 7) is 1.84. The standard InChI is InChI=1S/C18H22FN3O3/c1-21(2)12-17(23)22-7-8-24-16(11-22)18-20-10-15(25-18)9-13-3-5-14(19)6-4-13/h3-6,10,16H,7-9,11-12H2,1-2H3/t16-/m1/s1. The Labute approximate surface area is 146 Å². The van der Waals surface area contributed by atoms with E-state index in [4.69, 9.17) is 9.15 Å². The van der Waals surface area contributed by atoms with E-state index in [0.29, 0.717) is 44.3 Å². The van der Waals surface area contributed by atoms with Gasteiger partial charge in [-0.25, -0.2) is 9.37 Å². The number of ether oxygens (including phenoxy) is 1. The number of likely N-dealkylation sites (N-methyl/N-ethyl adjacent to an activating group) is 1. The van der Waals surface area contributed by atoms with Gasteiger partial charge in [0.2, 0.25) is 11.8 Å². The Hall–Kier alpha value is -2.25. The Morgan fingerprint density at radius 3 is 2.84 bits per heavy atom. The minimum absolute atomic E-state index is 0.0661. The third-order valence-electron chi connectivity index (χ3n) is 4.01. The number of halogens is 1. The fraction of sp³-hybridized carbons (Fsp3) is 0.444. The van der Waals surface area contributed by atoms with Crippen molar-refractivity contribution in [3.63, 3.8) is 0 Å². The lowest BCUT2D eigenvalue weighted by atomic mass is 10.1. The van der Waals surface area contributed by atoms with Crippen LogP contribution in [-0.4, -0.2) is 61.0 Å². The maximum atomic E-state index is 13.0. The summed E-state index contributed by atoms with van der Waals surface area (Å²) in [5.41, 5.74) is 0.941. The van der Waals surface area contributed by atoms with Gasteiger partial charge in [0.15, 0.2) is 6.10 Å². The molecule has 0 spiro atoms. The second kappa shape index (κ2) is 7.76. The van der Waals surface area contributed by atoms with Gasteiger partial charge in [0, 0.05) is 13.0 Å². The summed E-state index contributed by atoms with van der Waals surface area (Å²) >= 11 is 0. The highest BCUT2D eigenvalue weighted by molar-refractivity contribution is 5.78. The Kier molecular flexibility index (Phi) is 5.45. The van der Waals surface area contributed by atoms with Crippen LogP contribution >= 0.6 is 0 Å². The second-order valence-electron chi connectivity index (χ2n) is 6.41. The van der Waals surface area contributed by atoms with E-state index in [2.05, 4.69) is 4.98 Å². The van der Waals surface area contributed by atoms with Gasteiger partial charge in [-0.2, -0.15) is 0 Å². The van der Waals surface area contributed by atoms with Crippen molar-refractivity contribution in [3.05, 3.63) is 53.5 Å². The van der Waals surface area contributed by atoms with Gasteiger partial charge in [0.25, 0.3) is 0 Å². The molecular weight excluding hydrogens is 325 g/mol. The lowest BCUT2D eigenvalue weighted by molar-refractivity contribution is -0.140. The van der Waals surface area contributed by atoms with E-state index in [1.165, 1.54) is 12.1 Å². The van der Waals surface area contributed by atoms with Gasteiger partial charge >= 0.3 is 0 Å². The van der Waals surface area contributed by atoms with Gasteiger partial charge in [-0.1, -0.05) is 12.1 Å². The number of hydrogen-bond acceptors (Lipinski definition) is 5. The predicted molar refractivity (Wildman–Crippen MR) is 89.5 cm³/mol. The lowest BCUT2D eigenvalue weighted by Crippen LogP contribution is -2.45. The molecule has 0 radical (unpaired) electrons. The van der Waals surface area contributed by atoms with E-state index in [0.717, 1.165) is 5.56 Å². The van der Waals surface area contributed by atoms with Crippen LogP contribution in [0.5, 0.6) is 0 Å². The van der Waals surface area contributed by atoms with E-state index in [1.807, 2.05) is 19.0 Å². The lowest BCUT2D eigenvalue weighted by Gasteiger charge is -2.32. The Morgan fingerprint density at radius 2 is 2.12 bits per heavy atom. The minimum atomic E-state index is -0.359. The zero-order chi connectivity index (χ0) is 17.8. The smallest absolute Gasteiger partial charge is 0.236 e. The maximum absolute atomic E-state index is 13.0. The highest BCUT2D eigenvalue weighted by Gasteiger charge is 2.28. The first-order valence-electron chi connectivity index (χ1n) is 8.24. The Bertz CT molecular complexity index is 715. The molecule has 2 aromatic rings. The summed E-state index contributed by atoms with van der Waals surface area (Å²) < 4.78 is 24.5. The first-order chi connectivity index (χ1) is 12.0. The van der Waals surface area contributed by atoms with Gasteiger partial charge in [-0.15, -0.1) is 0 Å². The van der Waals surface area contributed by atoms with Crippen molar-refractivity contribution < 1.29 is 18.3 Å². The summed E-state index contributed by atoms with van der Waals surface area (Å²) in [5, 5.41) is 0. The molecule has 1 aromatic carbocycles. The summed E-state index contributed by atoms with van der Waals surface area (Å²) in [6, 6.07) is 6.28. The monoisotopic (exact) mass is 347 g/mol. The first kappa shape index (κ1) is 17.6. The van der Waals surface area contributed by atoms with E-state index in [-0.39, 0.29) is 17.8 Å². The number of oxazole rings is 1. The third kappa shape index (κ3) is 4.64. The summed E-state index contributed by atoms with van der Waals surface area (Å²) in [4.78, 5) is 20.1. The van der Waals surface area contributed by atoms with Gasteiger partial charge in [0.05, 0.1) is 25.9 Å². The molecule has 0 unspecified atom stereocenters. The molecule has 1 saturated heterocycles. The first-order valence-corrected chi connectivity index (χ1v) is 8.24. The van der Waals surface area contributed by atoms with Crippen LogP contribution in [-0.2, 0) is 16.0 Å². The molecule has 1 aromatic heterocycles. The zero-order valence-electron chi connectivity index (χ0n) is 14.4. The highest BCUT2D eigenvalue weighted by Crippen LogP contribution is 2.23. The number of rotatable bonds is 5. The summed E-state index contributed by atoms with van der Waals surface area (Å²) in [6.07, 6.45) is 1.83. The third-order valence-corrected chi connectivity index (χ3v) is 4.01. The molecule has 3 rings (SSSR count). The molecule has 1 aliphatic heterocycles. The molecule has 1 atom stereocenters. The van der Waals surface area contributed by atoms with E-state index in [1.54, 1.807) is 23.2 Å². The maximum Gasteiger partial charge on any atom is 0.236 e. The van der Waals surface area contributed by atoms with Crippen molar-refractivity contribution in [2.75, 3.05) is 40.3 Å². The van der Waals surface area contributed by atoms with Crippen molar-refractivity contribution in [1.82, 2.24) is 14.8 Å².